The number of amides is 1. The van der Waals surface area contributed by atoms with Crippen molar-refractivity contribution in [1.29, 1.82) is 0 Å². The number of benzene rings is 1. The lowest BCUT2D eigenvalue weighted by atomic mass is 10.0. The summed E-state index contributed by atoms with van der Waals surface area (Å²) in [5.41, 5.74) is 3.90. The van der Waals surface area contributed by atoms with Crippen LogP contribution in [0.2, 0.25) is 0 Å². The third-order valence-corrected chi connectivity index (χ3v) is 3.41. The Balaban J connectivity index is 2.36. The quantitative estimate of drug-likeness (QED) is 0.793. The van der Waals surface area contributed by atoms with E-state index in [-0.39, 0.29) is 11.9 Å². The van der Waals surface area contributed by atoms with Crippen LogP contribution >= 0.6 is 0 Å². The molecule has 0 bridgehead atoms. The van der Waals surface area contributed by atoms with Gasteiger partial charge in [-0.2, -0.15) is 0 Å². The van der Waals surface area contributed by atoms with E-state index in [9.17, 15) is 4.79 Å². The standard InChI is InChI=1S/C16H26N2O/c1-5-9-18-16(19)8-10-17-14(4)15-7-6-12(2)13(3)11-15/h6-7,11,14,17H,5,8-10H2,1-4H3,(H,18,19). The van der Waals surface area contributed by atoms with Crippen molar-refractivity contribution in [2.45, 2.75) is 46.6 Å². The van der Waals surface area contributed by atoms with Crippen LogP contribution in [0.4, 0.5) is 0 Å². The Labute approximate surface area is 116 Å². The summed E-state index contributed by atoms with van der Waals surface area (Å²) in [4.78, 5) is 11.5. The Morgan fingerprint density at radius 3 is 2.58 bits per heavy atom. The van der Waals surface area contributed by atoms with E-state index < -0.39 is 0 Å². The van der Waals surface area contributed by atoms with Crippen molar-refractivity contribution in [3.63, 3.8) is 0 Å². The van der Waals surface area contributed by atoms with Gasteiger partial charge in [0.1, 0.15) is 0 Å². The second-order valence-electron chi connectivity index (χ2n) is 5.12. The molecule has 0 saturated carbocycles. The number of aryl methyl sites for hydroxylation is 2. The minimum absolute atomic E-state index is 0.127. The van der Waals surface area contributed by atoms with Gasteiger partial charge in [-0.25, -0.2) is 0 Å². The Hall–Kier alpha value is -1.35. The summed E-state index contributed by atoms with van der Waals surface area (Å²) in [6.45, 7) is 9.92. The Bertz CT molecular complexity index is 415. The van der Waals surface area contributed by atoms with Crippen molar-refractivity contribution in [2.75, 3.05) is 13.1 Å². The molecule has 0 aliphatic carbocycles. The van der Waals surface area contributed by atoms with E-state index in [1.54, 1.807) is 0 Å². The molecule has 0 radical (unpaired) electrons. The van der Waals surface area contributed by atoms with Crippen LogP contribution in [-0.4, -0.2) is 19.0 Å². The van der Waals surface area contributed by atoms with Gasteiger partial charge in [-0.05, 0) is 43.9 Å². The molecular formula is C16H26N2O. The van der Waals surface area contributed by atoms with E-state index in [1.807, 2.05) is 0 Å². The molecule has 1 aromatic carbocycles. The molecule has 1 amide bonds. The van der Waals surface area contributed by atoms with Gasteiger partial charge in [0.2, 0.25) is 5.91 Å². The van der Waals surface area contributed by atoms with Gasteiger partial charge in [0, 0.05) is 25.6 Å². The summed E-state index contributed by atoms with van der Waals surface area (Å²) in [5, 5.41) is 6.28. The molecule has 0 aliphatic rings. The summed E-state index contributed by atoms with van der Waals surface area (Å²) >= 11 is 0. The summed E-state index contributed by atoms with van der Waals surface area (Å²) < 4.78 is 0. The summed E-state index contributed by atoms with van der Waals surface area (Å²) in [6, 6.07) is 6.79. The molecule has 1 atom stereocenters. The molecule has 1 aromatic rings. The molecule has 1 unspecified atom stereocenters. The zero-order valence-corrected chi connectivity index (χ0v) is 12.5. The average molecular weight is 262 g/mol. The zero-order chi connectivity index (χ0) is 14.3. The highest BCUT2D eigenvalue weighted by atomic mass is 16.1. The molecule has 0 heterocycles. The number of rotatable bonds is 7. The van der Waals surface area contributed by atoms with Crippen molar-refractivity contribution in [3.8, 4) is 0 Å². The van der Waals surface area contributed by atoms with E-state index in [4.69, 9.17) is 0 Å². The van der Waals surface area contributed by atoms with Gasteiger partial charge in [-0.1, -0.05) is 25.1 Å². The van der Waals surface area contributed by atoms with Gasteiger partial charge < -0.3 is 10.6 Å². The van der Waals surface area contributed by atoms with Crippen molar-refractivity contribution < 1.29 is 4.79 Å². The van der Waals surface area contributed by atoms with Crippen LogP contribution < -0.4 is 10.6 Å². The topological polar surface area (TPSA) is 41.1 Å². The largest absolute Gasteiger partial charge is 0.356 e. The smallest absolute Gasteiger partial charge is 0.221 e. The molecular weight excluding hydrogens is 236 g/mol. The summed E-state index contributed by atoms with van der Waals surface area (Å²) in [7, 11) is 0. The highest BCUT2D eigenvalue weighted by molar-refractivity contribution is 5.75. The second-order valence-corrected chi connectivity index (χ2v) is 5.12. The van der Waals surface area contributed by atoms with Gasteiger partial charge in [0.15, 0.2) is 0 Å². The van der Waals surface area contributed by atoms with Gasteiger partial charge in [-0.3, -0.25) is 4.79 Å². The summed E-state index contributed by atoms with van der Waals surface area (Å²) in [6.07, 6.45) is 1.52. The zero-order valence-electron chi connectivity index (χ0n) is 12.5. The maximum Gasteiger partial charge on any atom is 0.221 e. The Morgan fingerprint density at radius 1 is 1.21 bits per heavy atom. The summed E-state index contributed by atoms with van der Waals surface area (Å²) in [5.74, 6) is 0.127. The van der Waals surface area contributed by atoms with Gasteiger partial charge in [0.05, 0.1) is 0 Å². The molecule has 0 aliphatic heterocycles. The van der Waals surface area contributed by atoms with Crippen LogP contribution in [0.15, 0.2) is 18.2 Å². The Morgan fingerprint density at radius 2 is 1.95 bits per heavy atom. The number of hydrogen-bond donors (Lipinski definition) is 2. The predicted molar refractivity (Wildman–Crippen MR) is 80.3 cm³/mol. The van der Waals surface area contributed by atoms with Crippen LogP contribution in [0.3, 0.4) is 0 Å². The molecule has 1 rings (SSSR count). The molecule has 0 fully saturated rings. The molecule has 19 heavy (non-hydrogen) atoms. The molecule has 2 N–H and O–H groups in total. The van der Waals surface area contributed by atoms with Crippen molar-refractivity contribution >= 4 is 5.91 Å². The molecule has 3 nitrogen and oxygen atoms in total. The second kappa shape index (κ2) is 7.95. The lowest BCUT2D eigenvalue weighted by Gasteiger charge is -2.15. The molecule has 0 spiro atoms. The number of nitrogens with one attached hydrogen (secondary N) is 2. The van der Waals surface area contributed by atoms with Crippen LogP contribution in [0, 0.1) is 13.8 Å². The average Bonchev–Trinajstić information content (AvgIpc) is 2.39. The first-order valence-corrected chi connectivity index (χ1v) is 7.11. The van der Waals surface area contributed by atoms with E-state index in [1.165, 1.54) is 16.7 Å². The molecule has 3 heteroatoms. The number of hydrogen-bond acceptors (Lipinski definition) is 2. The predicted octanol–water partition coefficient (Wildman–Crippen LogP) is 2.87. The Kier molecular flexibility index (Phi) is 6.57. The van der Waals surface area contributed by atoms with Gasteiger partial charge in [0.25, 0.3) is 0 Å². The third-order valence-electron chi connectivity index (χ3n) is 3.41. The maximum absolute atomic E-state index is 11.5. The maximum atomic E-state index is 11.5. The van der Waals surface area contributed by atoms with E-state index in [0.717, 1.165) is 13.0 Å². The lowest BCUT2D eigenvalue weighted by molar-refractivity contribution is -0.121. The molecule has 106 valence electrons. The highest BCUT2D eigenvalue weighted by Gasteiger charge is 2.07. The highest BCUT2D eigenvalue weighted by Crippen LogP contribution is 2.16. The van der Waals surface area contributed by atoms with Gasteiger partial charge in [-0.15, -0.1) is 0 Å². The number of carbonyl (C=O) groups is 1. The van der Waals surface area contributed by atoms with Crippen molar-refractivity contribution in [1.82, 2.24) is 10.6 Å². The monoisotopic (exact) mass is 262 g/mol. The lowest BCUT2D eigenvalue weighted by Crippen LogP contribution is -2.29. The minimum atomic E-state index is 0.127. The van der Waals surface area contributed by atoms with Gasteiger partial charge >= 0.3 is 0 Å². The first kappa shape index (κ1) is 15.7. The van der Waals surface area contributed by atoms with Crippen molar-refractivity contribution in [2.24, 2.45) is 0 Å². The fourth-order valence-electron chi connectivity index (χ4n) is 1.91. The first-order valence-electron chi connectivity index (χ1n) is 7.11. The van der Waals surface area contributed by atoms with E-state index in [2.05, 4.69) is 56.5 Å². The van der Waals surface area contributed by atoms with Crippen molar-refractivity contribution in [3.05, 3.63) is 34.9 Å². The molecule has 0 aromatic heterocycles. The van der Waals surface area contributed by atoms with Crippen LogP contribution in [0.25, 0.3) is 0 Å². The van der Waals surface area contributed by atoms with Crippen LogP contribution in [0.5, 0.6) is 0 Å². The fourth-order valence-corrected chi connectivity index (χ4v) is 1.91. The molecule has 0 saturated heterocycles. The van der Waals surface area contributed by atoms with E-state index >= 15 is 0 Å². The number of carbonyl (C=O) groups excluding carboxylic acids is 1. The van der Waals surface area contributed by atoms with Crippen LogP contribution in [-0.2, 0) is 4.79 Å². The normalized spacial score (nSPS) is 12.2. The third kappa shape index (κ3) is 5.43. The fraction of sp³-hybridized carbons (Fsp3) is 0.562. The minimum Gasteiger partial charge on any atom is -0.356 e. The first-order chi connectivity index (χ1) is 9.04. The van der Waals surface area contributed by atoms with Crippen LogP contribution in [0.1, 0.15) is 49.4 Å². The SMILES string of the molecule is CCCNC(=O)CCNC(C)c1ccc(C)c(C)c1. The van der Waals surface area contributed by atoms with E-state index in [0.29, 0.717) is 13.0 Å².